The number of nitrogens with one attached hydrogen (secondary N) is 1. The Balaban J connectivity index is 1.79. The summed E-state index contributed by atoms with van der Waals surface area (Å²) in [5.41, 5.74) is 3.84. The average Bonchev–Trinajstić information content (AvgIpc) is 2.79. The highest BCUT2D eigenvalue weighted by atomic mass is 32.2. The molecule has 3 aromatic rings. The second-order valence-corrected chi connectivity index (χ2v) is 8.92. The number of benzene rings is 3. The fraction of sp³-hybridized carbons (Fsp3) is 0.130. The summed E-state index contributed by atoms with van der Waals surface area (Å²) in [5, 5.41) is 3.89. The Bertz CT molecular complexity index is 1200. The minimum atomic E-state index is -4.19. The molecule has 0 saturated carbocycles. The van der Waals surface area contributed by atoms with Crippen molar-refractivity contribution in [3.05, 3.63) is 90.2 Å². The molecule has 0 radical (unpaired) electrons. The van der Waals surface area contributed by atoms with Crippen molar-refractivity contribution in [3.8, 4) is 0 Å². The van der Waals surface area contributed by atoms with Gasteiger partial charge in [0.1, 0.15) is 12.4 Å². The Kier molecular flexibility index (Phi) is 7.21. The Morgan fingerprint density at radius 2 is 1.59 bits per heavy atom. The number of hydrogen-bond donors (Lipinski definition) is 1. The van der Waals surface area contributed by atoms with E-state index in [9.17, 15) is 17.6 Å². The summed E-state index contributed by atoms with van der Waals surface area (Å²) >= 11 is 0. The van der Waals surface area contributed by atoms with Gasteiger partial charge in [-0.1, -0.05) is 42.5 Å². The zero-order valence-corrected chi connectivity index (χ0v) is 18.5. The molecule has 1 N–H and O–H groups in total. The van der Waals surface area contributed by atoms with E-state index in [0.29, 0.717) is 0 Å². The largest absolute Gasteiger partial charge is 0.378 e. The lowest BCUT2D eigenvalue weighted by molar-refractivity contribution is -0.119. The number of rotatable bonds is 8. The van der Waals surface area contributed by atoms with Gasteiger partial charge in [-0.2, -0.15) is 5.10 Å². The first kappa shape index (κ1) is 23.0. The minimum Gasteiger partial charge on any atom is -0.378 e. The third kappa shape index (κ3) is 5.50. The molecule has 0 aliphatic rings. The van der Waals surface area contributed by atoms with Gasteiger partial charge in [-0.15, -0.1) is 0 Å². The summed E-state index contributed by atoms with van der Waals surface area (Å²) in [4.78, 5) is 14.4. The molecular weight excluding hydrogens is 431 g/mol. The van der Waals surface area contributed by atoms with Crippen LogP contribution < -0.4 is 14.6 Å². The Morgan fingerprint density at radius 1 is 0.969 bits per heavy atom. The second kappa shape index (κ2) is 10.1. The van der Waals surface area contributed by atoms with Crippen molar-refractivity contribution in [2.45, 2.75) is 4.90 Å². The lowest BCUT2D eigenvalue weighted by Gasteiger charge is -2.24. The average molecular weight is 455 g/mol. The second-order valence-electron chi connectivity index (χ2n) is 7.06. The molecule has 32 heavy (non-hydrogen) atoms. The molecule has 3 aromatic carbocycles. The van der Waals surface area contributed by atoms with Crippen LogP contribution in [-0.2, 0) is 14.8 Å². The summed E-state index contributed by atoms with van der Waals surface area (Å²) in [6.45, 7) is -0.644. The Morgan fingerprint density at radius 3 is 2.22 bits per heavy atom. The molecular formula is C23H23FN4O3S. The zero-order chi connectivity index (χ0) is 23.1. The third-order valence-corrected chi connectivity index (χ3v) is 6.33. The summed E-state index contributed by atoms with van der Waals surface area (Å²) < 4.78 is 41.4. The highest BCUT2D eigenvalue weighted by molar-refractivity contribution is 7.92. The SMILES string of the molecule is CN(C)c1ccc(/C=N\NC(=O)CN(c2ccccc2F)S(=O)(=O)c2ccccc2)cc1. The van der Waals surface area contributed by atoms with E-state index in [0.717, 1.165) is 21.6 Å². The molecule has 0 heterocycles. The number of amides is 1. The highest BCUT2D eigenvalue weighted by Crippen LogP contribution is 2.25. The number of anilines is 2. The summed E-state index contributed by atoms with van der Waals surface area (Å²) in [6, 6.07) is 20.4. The van der Waals surface area contributed by atoms with E-state index in [4.69, 9.17) is 0 Å². The smallest absolute Gasteiger partial charge is 0.264 e. The highest BCUT2D eigenvalue weighted by Gasteiger charge is 2.28. The topological polar surface area (TPSA) is 82.1 Å². The number of hydrogen-bond acceptors (Lipinski definition) is 5. The molecule has 9 heteroatoms. The Hall–Kier alpha value is -3.72. The standard InChI is InChI=1S/C23H23FN4O3S/c1-27(2)19-14-12-18(13-15-19)16-25-26-23(29)17-28(22-11-7-6-10-21(22)24)32(30,31)20-8-4-3-5-9-20/h3-16H,17H2,1-2H3,(H,26,29)/b25-16-. The maximum atomic E-state index is 14.4. The maximum absolute atomic E-state index is 14.4. The first-order valence-corrected chi connectivity index (χ1v) is 11.1. The number of carbonyl (C=O) groups is 1. The van der Waals surface area contributed by atoms with Gasteiger partial charge in [0.15, 0.2) is 0 Å². The summed E-state index contributed by atoms with van der Waals surface area (Å²) in [5.74, 6) is -1.47. The molecule has 3 rings (SSSR count). The van der Waals surface area contributed by atoms with Gasteiger partial charge < -0.3 is 4.90 Å². The lowest BCUT2D eigenvalue weighted by Crippen LogP contribution is -2.40. The van der Waals surface area contributed by atoms with Crippen molar-refractivity contribution in [3.63, 3.8) is 0 Å². The number of nitrogens with zero attached hydrogens (tertiary/aromatic N) is 3. The van der Waals surface area contributed by atoms with Gasteiger partial charge in [-0.25, -0.2) is 18.2 Å². The zero-order valence-electron chi connectivity index (χ0n) is 17.6. The van der Waals surface area contributed by atoms with Crippen LogP contribution in [0.2, 0.25) is 0 Å². The maximum Gasteiger partial charge on any atom is 0.264 e. The van der Waals surface area contributed by atoms with Gasteiger partial charge in [0.2, 0.25) is 0 Å². The summed E-state index contributed by atoms with van der Waals surface area (Å²) in [7, 11) is -0.336. The molecule has 0 aromatic heterocycles. The van der Waals surface area contributed by atoms with E-state index in [1.54, 1.807) is 18.2 Å². The van der Waals surface area contributed by atoms with Gasteiger partial charge in [0, 0.05) is 19.8 Å². The Labute approximate surface area is 186 Å². The van der Waals surface area contributed by atoms with Crippen molar-refractivity contribution in [1.29, 1.82) is 0 Å². The lowest BCUT2D eigenvalue weighted by atomic mass is 10.2. The van der Waals surface area contributed by atoms with Crippen LogP contribution >= 0.6 is 0 Å². The van der Waals surface area contributed by atoms with Crippen molar-refractivity contribution in [2.24, 2.45) is 5.10 Å². The molecule has 0 saturated heterocycles. The minimum absolute atomic E-state index is 0.0551. The van der Waals surface area contributed by atoms with Gasteiger partial charge in [0.25, 0.3) is 15.9 Å². The third-order valence-electron chi connectivity index (χ3n) is 4.55. The molecule has 0 aliphatic carbocycles. The molecule has 0 bridgehead atoms. The van der Waals surface area contributed by atoms with Gasteiger partial charge >= 0.3 is 0 Å². The monoisotopic (exact) mass is 454 g/mol. The predicted molar refractivity (Wildman–Crippen MR) is 124 cm³/mol. The fourth-order valence-corrected chi connectivity index (χ4v) is 4.33. The molecule has 7 nitrogen and oxygen atoms in total. The molecule has 0 unspecified atom stereocenters. The van der Waals surface area contributed by atoms with E-state index >= 15 is 0 Å². The van der Waals surface area contributed by atoms with Crippen LogP contribution in [0, 0.1) is 5.82 Å². The first-order valence-electron chi connectivity index (χ1n) is 9.70. The quantitative estimate of drug-likeness (QED) is 0.419. The van der Waals surface area contributed by atoms with Gasteiger partial charge in [0.05, 0.1) is 16.8 Å². The van der Waals surface area contributed by atoms with E-state index in [1.807, 2.05) is 43.3 Å². The van der Waals surface area contributed by atoms with Crippen molar-refractivity contribution < 1.29 is 17.6 Å². The van der Waals surface area contributed by atoms with Crippen LogP contribution in [0.1, 0.15) is 5.56 Å². The first-order chi connectivity index (χ1) is 15.3. The number of carbonyl (C=O) groups excluding carboxylic acids is 1. The number of halogens is 1. The van der Waals surface area contributed by atoms with E-state index < -0.39 is 28.3 Å². The van der Waals surface area contributed by atoms with E-state index in [2.05, 4.69) is 10.5 Å². The van der Waals surface area contributed by atoms with Crippen molar-refractivity contribution in [2.75, 3.05) is 29.8 Å². The molecule has 1 amide bonds. The van der Waals surface area contributed by atoms with Gasteiger partial charge in [-0.05, 0) is 42.0 Å². The van der Waals surface area contributed by atoms with Crippen LogP contribution in [0.25, 0.3) is 0 Å². The normalized spacial score (nSPS) is 11.3. The van der Waals surface area contributed by atoms with E-state index in [-0.39, 0.29) is 10.6 Å². The van der Waals surface area contributed by atoms with Crippen LogP contribution in [0.4, 0.5) is 15.8 Å². The molecule has 0 spiro atoms. The fourth-order valence-electron chi connectivity index (χ4n) is 2.88. The molecule has 0 aliphatic heterocycles. The number of para-hydroxylation sites is 1. The predicted octanol–water partition coefficient (Wildman–Crippen LogP) is 3.24. The number of hydrazone groups is 1. The van der Waals surface area contributed by atoms with Crippen LogP contribution in [-0.4, -0.2) is 41.2 Å². The van der Waals surface area contributed by atoms with Crippen molar-refractivity contribution in [1.82, 2.24) is 5.43 Å². The van der Waals surface area contributed by atoms with Crippen LogP contribution in [0.5, 0.6) is 0 Å². The molecule has 0 fully saturated rings. The number of sulfonamides is 1. The van der Waals surface area contributed by atoms with Gasteiger partial charge in [-0.3, -0.25) is 9.10 Å². The van der Waals surface area contributed by atoms with E-state index in [1.165, 1.54) is 36.5 Å². The summed E-state index contributed by atoms with van der Waals surface area (Å²) in [6.07, 6.45) is 1.44. The molecule has 166 valence electrons. The van der Waals surface area contributed by atoms with Crippen molar-refractivity contribution >= 4 is 33.5 Å². The molecule has 0 atom stereocenters. The van der Waals surface area contributed by atoms with Crippen LogP contribution in [0.15, 0.2) is 88.9 Å². The van der Waals surface area contributed by atoms with Crippen LogP contribution in [0.3, 0.4) is 0 Å².